The molecule has 0 aliphatic carbocycles. The topological polar surface area (TPSA) is 94.7 Å². The number of hydrogen-bond acceptors (Lipinski definition) is 5. The van der Waals surface area contributed by atoms with E-state index in [0.717, 1.165) is 23.4 Å². The Labute approximate surface area is 161 Å². The molecule has 8 nitrogen and oxygen atoms in total. The average Bonchev–Trinajstić information content (AvgIpc) is 2.69. The lowest BCUT2D eigenvalue weighted by molar-refractivity contribution is -0.386. The molecule has 8 heteroatoms. The first kappa shape index (κ1) is 18.2. The predicted octanol–water partition coefficient (Wildman–Crippen LogP) is 1.95. The van der Waals surface area contributed by atoms with Gasteiger partial charge in [-0.2, -0.15) is 0 Å². The summed E-state index contributed by atoms with van der Waals surface area (Å²) in [5.74, 6) is 0.962. The van der Waals surface area contributed by atoms with Gasteiger partial charge in [-0.25, -0.2) is 0 Å². The molecule has 3 heterocycles. The highest BCUT2D eigenvalue weighted by Gasteiger charge is 2.37. The van der Waals surface area contributed by atoms with Crippen molar-refractivity contribution in [2.24, 2.45) is 5.92 Å². The number of rotatable bonds is 4. The van der Waals surface area contributed by atoms with Gasteiger partial charge in [0.2, 0.25) is 5.91 Å². The second-order valence-corrected chi connectivity index (χ2v) is 7.44. The third kappa shape index (κ3) is 3.26. The van der Waals surface area contributed by atoms with Crippen molar-refractivity contribution in [1.29, 1.82) is 0 Å². The first-order valence-corrected chi connectivity index (χ1v) is 9.25. The summed E-state index contributed by atoms with van der Waals surface area (Å²) in [4.78, 5) is 37.5. The minimum absolute atomic E-state index is 0.0285. The molecule has 28 heavy (non-hydrogen) atoms. The van der Waals surface area contributed by atoms with Crippen molar-refractivity contribution in [3.8, 4) is 5.75 Å². The number of piperidine rings is 1. The molecule has 0 spiro atoms. The molecule has 0 unspecified atom stereocenters. The zero-order valence-corrected chi connectivity index (χ0v) is 15.5. The number of ether oxygens (including phenoxy) is 1. The van der Waals surface area contributed by atoms with Crippen molar-refractivity contribution in [3.63, 3.8) is 0 Å². The first-order valence-electron chi connectivity index (χ1n) is 9.25. The number of benzene rings is 1. The third-order valence-electron chi connectivity index (χ3n) is 5.65. The smallest absolute Gasteiger partial charge is 0.334 e. The number of pyridine rings is 1. The number of amides is 1. The van der Waals surface area contributed by atoms with Crippen LogP contribution in [-0.4, -0.2) is 40.5 Å². The largest absolute Gasteiger partial charge is 0.497 e. The Morgan fingerprint density at radius 2 is 1.93 bits per heavy atom. The Morgan fingerprint density at radius 1 is 1.18 bits per heavy atom. The minimum Gasteiger partial charge on any atom is -0.497 e. The van der Waals surface area contributed by atoms with Gasteiger partial charge >= 0.3 is 11.2 Å². The zero-order chi connectivity index (χ0) is 19.8. The van der Waals surface area contributed by atoms with Crippen LogP contribution in [0.4, 0.5) is 5.69 Å². The van der Waals surface area contributed by atoms with Gasteiger partial charge in [0.1, 0.15) is 5.75 Å². The summed E-state index contributed by atoms with van der Waals surface area (Å²) in [6, 6.07) is 10.4. The van der Waals surface area contributed by atoms with Crippen LogP contribution in [0.15, 0.2) is 41.2 Å². The highest BCUT2D eigenvalue weighted by molar-refractivity contribution is 5.79. The van der Waals surface area contributed by atoms with Gasteiger partial charge in [-0.05, 0) is 36.1 Å². The SMILES string of the molecule is COc1ccc(CC(=O)N2C[C@H]3C[C@H](C2)c2ccc([N+](=O)[O-])c(=O)n2C3)cc1. The second-order valence-electron chi connectivity index (χ2n) is 7.44. The van der Waals surface area contributed by atoms with Crippen molar-refractivity contribution in [2.75, 3.05) is 20.2 Å². The maximum absolute atomic E-state index is 12.8. The molecule has 0 radical (unpaired) electrons. The van der Waals surface area contributed by atoms with Crippen LogP contribution in [0.25, 0.3) is 0 Å². The van der Waals surface area contributed by atoms with E-state index in [-0.39, 0.29) is 17.7 Å². The van der Waals surface area contributed by atoms with Gasteiger partial charge in [0, 0.05) is 37.3 Å². The monoisotopic (exact) mass is 383 g/mol. The lowest BCUT2D eigenvalue weighted by atomic mass is 9.83. The van der Waals surface area contributed by atoms with Gasteiger partial charge in [0.05, 0.1) is 18.5 Å². The third-order valence-corrected chi connectivity index (χ3v) is 5.65. The molecule has 0 saturated carbocycles. The molecule has 146 valence electrons. The van der Waals surface area contributed by atoms with E-state index in [1.165, 1.54) is 10.6 Å². The number of carbonyl (C=O) groups is 1. The van der Waals surface area contributed by atoms with E-state index in [2.05, 4.69) is 0 Å². The molecule has 2 bridgehead atoms. The Bertz CT molecular complexity index is 982. The van der Waals surface area contributed by atoms with E-state index in [9.17, 15) is 19.7 Å². The van der Waals surface area contributed by atoms with Crippen molar-refractivity contribution < 1.29 is 14.5 Å². The highest BCUT2D eigenvalue weighted by Crippen LogP contribution is 2.35. The molecule has 1 fully saturated rings. The molecule has 1 amide bonds. The molecule has 2 atom stereocenters. The van der Waals surface area contributed by atoms with Gasteiger partial charge in [0.15, 0.2) is 0 Å². The van der Waals surface area contributed by atoms with Crippen molar-refractivity contribution >= 4 is 11.6 Å². The van der Waals surface area contributed by atoms with Gasteiger partial charge in [-0.3, -0.25) is 19.7 Å². The summed E-state index contributed by atoms with van der Waals surface area (Å²) < 4.78 is 6.67. The summed E-state index contributed by atoms with van der Waals surface area (Å²) in [5.41, 5.74) is 0.772. The van der Waals surface area contributed by atoms with Crippen LogP contribution in [-0.2, 0) is 17.8 Å². The zero-order valence-electron chi connectivity index (χ0n) is 15.5. The van der Waals surface area contributed by atoms with Gasteiger partial charge in [-0.1, -0.05) is 12.1 Å². The van der Waals surface area contributed by atoms with Crippen molar-refractivity contribution in [2.45, 2.75) is 25.3 Å². The normalized spacial score (nSPS) is 20.4. The fraction of sp³-hybridized carbons (Fsp3) is 0.400. The first-order chi connectivity index (χ1) is 13.5. The Kier molecular flexibility index (Phi) is 4.62. The number of nitro groups is 1. The predicted molar refractivity (Wildman–Crippen MR) is 101 cm³/mol. The molecule has 0 N–H and O–H groups in total. The van der Waals surface area contributed by atoms with Gasteiger partial charge < -0.3 is 14.2 Å². The summed E-state index contributed by atoms with van der Waals surface area (Å²) in [6.07, 6.45) is 1.21. The molecule has 2 aliphatic heterocycles. The number of hydrogen-bond donors (Lipinski definition) is 0. The number of carbonyl (C=O) groups excluding carboxylic acids is 1. The molecule has 1 aromatic heterocycles. The number of methoxy groups -OCH3 is 1. The second kappa shape index (κ2) is 7.10. The summed E-state index contributed by atoms with van der Waals surface area (Å²) >= 11 is 0. The molecule has 1 aromatic carbocycles. The van der Waals surface area contributed by atoms with E-state index < -0.39 is 16.2 Å². The summed E-state index contributed by atoms with van der Waals surface area (Å²) in [5, 5.41) is 11.0. The van der Waals surface area contributed by atoms with Crippen molar-refractivity contribution in [1.82, 2.24) is 9.47 Å². The van der Waals surface area contributed by atoms with Crippen LogP contribution in [0.2, 0.25) is 0 Å². The number of aromatic nitrogens is 1. The molecule has 2 aromatic rings. The van der Waals surface area contributed by atoms with Crippen LogP contribution in [0.3, 0.4) is 0 Å². The lowest BCUT2D eigenvalue weighted by Gasteiger charge is -2.42. The fourth-order valence-electron chi connectivity index (χ4n) is 4.31. The molecule has 1 saturated heterocycles. The maximum Gasteiger partial charge on any atom is 0.334 e. The quantitative estimate of drug-likeness (QED) is 0.594. The van der Waals surface area contributed by atoms with Gasteiger partial charge in [-0.15, -0.1) is 0 Å². The van der Waals surface area contributed by atoms with E-state index >= 15 is 0 Å². The summed E-state index contributed by atoms with van der Waals surface area (Å²) in [6.45, 7) is 1.52. The molecular formula is C20H21N3O5. The molecule has 4 rings (SSSR count). The van der Waals surface area contributed by atoms with Crippen LogP contribution >= 0.6 is 0 Å². The average molecular weight is 383 g/mol. The fourth-order valence-corrected chi connectivity index (χ4v) is 4.31. The Hall–Kier alpha value is -3.16. The van der Waals surface area contributed by atoms with E-state index in [4.69, 9.17) is 4.74 Å². The molecular weight excluding hydrogens is 362 g/mol. The van der Waals surface area contributed by atoms with E-state index in [0.29, 0.717) is 26.1 Å². The number of fused-ring (bicyclic) bond motifs is 4. The van der Waals surface area contributed by atoms with Crippen LogP contribution < -0.4 is 10.3 Å². The number of nitrogens with zero attached hydrogens (tertiary/aromatic N) is 3. The summed E-state index contributed by atoms with van der Waals surface area (Å²) in [7, 11) is 1.60. The highest BCUT2D eigenvalue weighted by atomic mass is 16.6. The Morgan fingerprint density at radius 3 is 2.61 bits per heavy atom. The van der Waals surface area contributed by atoms with E-state index in [1.54, 1.807) is 13.2 Å². The molecule has 2 aliphatic rings. The van der Waals surface area contributed by atoms with Crippen LogP contribution in [0, 0.1) is 16.0 Å². The van der Waals surface area contributed by atoms with Gasteiger partial charge in [0.25, 0.3) is 0 Å². The lowest BCUT2D eigenvalue weighted by Crippen LogP contribution is -2.49. The maximum atomic E-state index is 12.8. The van der Waals surface area contributed by atoms with Crippen LogP contribution in [0.1, 0.15) is 23.6 Å². The Balaban J connectivity index is 1.52. The van der Waals surface area contributed by atoms with E-state index in [1.807, 2.05) is 29.2 Å². The van der Waals surface area contributed by atoms with Crippen molar-refractivity contribution in [3.05, 3.63) is 68.1 Å². The van der Waals surface area contributed by atoms with Crippen LogP contribution in [0.5, 0.6) is 5.75 Å². The number of likely N-dealkylation sites (tertiary alicyclic amines) is 1. The minimum atomic E-state index is -0.634. The standard InChI is InChI=1S/C20H21N3O5/c1-28-16-4-2-13(3-5-16)9-19(24)21-10-14-8-15(12-21)17-6-7-18(23(26)27)20(25)22(17)11-14/h2-7,14-15H,8-12H2,1H3/t14-,15-/m1/s1.